The zero-order chi connectivity index (χ0) is 19.3. The number of halogens is 1. The molecule has 2 amide bonds. The second-order valence-corrected chi connectivity index (χ2v) is 7.32. The van der Waals surface area contributed by atoms with E-state index in [1.54, 1.807) is 13.8 Å². The maximum absolute atomic E-state index is 13.4. The van der Waals surface area contributed by atoms with Crippen LogP contribution >= 0.6 is 0 Å². The predicted molar refractivity (Wildman–Crippen MR) is 88.0 cm³/mol. The molecule has 1 fully saturated rings. The molecule has 0 spiro atoms. The van der Waals surface area contributed by atoms with Gasteiger partial charge in [0.1, 0.15) is 12.2 Å². The fourth-order valence-corrected chi connectivity index (χ4v) is 2.37. The van der Waals surface area contributed by atoms with Crippen LogP contribution in [-0.2, 0) is 9.59 Å². The van der Waals surface area contributed by atoms with E-state index in [0.29, 0.717) is 0 Å². The molecular formula is C16H27FN4O4. The van der Waals surface area contributed by atoms with Crippen molar-refractivity contribution in [3.8, 4) is 6.07 Å². The zero-order valence-corrected chi connectivity index (χ0v) is 14.9. The van der Waals surface area contributed by atoms with Gasteiger partial charge in [0.15, 0.2) is 0 Å². The maximum atomic E-state index is 13.4. The molecule has 8 nitrogen and oxygen atoms in total. The molecule has 0 aromatic rings. The van der Waals surface area contributed by atoms with Gasteiger partial charge in [-0.1, -0.05) is 0 Å². The number of likely N-dealkylation sites (tertiary alicyclic amines) is 1. The third kappa shape index (κ3) is 5.63. The van der Waals surface area contributed by atoms with Crippen LogP contribution in [0.2, 0.25) is 0 Å². The first-order valence-corrected chi connectivity index (χ1v) is 8.17. The molecule has 0 aromatic carbocycles. The predicted octanol–water partition coefficient (Wildman–Crippen LogP) is -1.08. The van der Waals surface area contributed by atoms with Gasteiger partial charge in [0, 0.05) is 18.5 Å². The molecule has 1 saturated heterocycles. The number of hydrogen-bond donors (Lipinski definition) is 4. The highest BCUT2D eigenvalue weighted by molar-refractivity contribution is 5.82. The summed E-state index contributed by atoms with van der Waals surface area (Å²) in [6.45, 7) is 3.97. The number of hydrogen-bond acceptors (Lipinski definition) is 6. The zero-order valence-electron chi connectivity index (χ0n) is 14.9. The number of aliphatic hydroxyl groups excluding tert-OH is 2. The summed E-state index contributed by atoms with van der Waals surface area (Å²) in [6.07, 6.45) is -1.15. The van der Waals surface area contributed by atoms with Crippen LogP contribution in [-0.4, -0.2) is 77.5 Å². The second-order valence-electron chi connectivity index (χ2n) is 7.32. The fraction of sp³-hybridized carbons (Fsp3) is 0.812. The molecule has 2 atom stereocenters. The van der Waals surface area contributed by atoms with Gasteiger partial charge in [-0.15, -0.1) is 0 Å². The van der Waals surface area contributed by atoms with E-state index in [0.717, 1.165) is 0 Å². The van der Waals surface area contributed by atoms with Gasteiger partial charge in [0.2, 0.25) is 11.8 Å². The fourth-order valence-electron chi connectivity index (χ4n) is 2.37. The molecule has 0 aliphatic carbocycles. The molecule has 25 heavy (non-hydrogen) atoms. The van der Waals surface area contributed by atoms with Crippen LogP contribution in [0.3, 0.4) is 0 Å². The highest BCUT2D eigenvalue weighted by atomic mass is 19.1. The largest absolute Gasteiger partial charge is 0.395 e. The van der Waals surface area contributed by atoms with E-state index in [4.69, 9.17) is 5.26 Å². The first-order valence-electron chi connectivity index (χ1n) is 8.17. The van der Waals surface area contributed by atoms with E-state index < -0.39 is 42.3 Å². The van der Waals surface area contributed by atoms with Crippen molar-refractivity contribution in [1.29, 1.82) is 5.26 Å². The smallest absolute Gasteiger partial charge is 0.237 e. The van der Waals surface area contributed by atoms with E-state index in [9.17, 15) is 24.2 Å². The lowest BCUT2D eigenvalue weighted by atomic mass is 9.91. The molecule has 4 N–H and O–H groups in total. The summed E-state index contributed by atoms with van der Waals surface area (Å²) >= 11 is 0. The number of aliphatic hydroxyl groups is 2. The van der Waals surface area contributed by atoms with Crippen LogP contribution in [0.1, 0.15) is 27.2 Å². The topological polar surface area (TPSA) is 126 Å². The van der Waals surface area contributed by atoms with E-state index in [-0.39, 0.29) is 32.0 Å². The summed E-state index contributed by atoms with van der Waals surface area (Å²) in [4.78, 5) is 25.4. The monoisotopic (exact) mass is 358 g/mol. The Labute approximate surface area is 147 Å². The number of rotatable bonds is 8. The second kappa shape index (κ2) is 8.56. The average molecular weight is 358 g/mol. The molecule has 0 saturated carbocycles. The summed E-state index contributed by atoms with van der Waals surface area (Å²) in [5.74, 6) is -0.871. The Bertz CT molecular complexity index is 531. The van der Waals surface area contributed by atoms with Crippen molar-refractivity contribution in [1.82, 2.24) is 15.5 Å². The van der Waals surface area contributed by atoms with Gasteiger partial charge in [-0.25, -0.2) is 4.39 Å². The number of alkyl halides is 1. The molecule has 1 aliphatic heterocycles. The Kier molecular flexibility index (Phi) is 7.29. The lowest BCUT2D eigenvalue weighted by molar-refractivity contribution is -0.135. The standard InChI is InChI=1S/C16H27FN4O4/c1-15(2,8-19-14(25)16(3,9-22)10-23)20-6-13(24)21-7-11(17)4-12(21)5-18/h11-12,20,22-23H,4,6-10H2,1-3H3,(H,19,25)/t11-,12-/m0/s1. The summed E-state index contributed by atoms with van der Waals surface area (Å²) in [5, 5.41) is 33.0. The molecule has 1 rings (SSSR count). The van der Waals surface area contributed by atoms with Crippen LogP contribution in [0.15, 0.2) is 0 Å². The van der Waals surface area contributed by atoms with Gasteiger partial charge in [-0.3, -0.25) is 9.59 Å². The summed E-state index contributed by atoms with van der Waals surface area (Å²) < 4.78 is 13.4. The summed E-state index contributed by atoms with van der Waals surface area (Å²) in [6, 6.07) is 1.18. The van der Waals surface area contributed by atoms with Gasteiger partial charge in [0.25, 0.3) is 0 Å². The molecule has 142 valence electrons. The molecule has 0 aromatic heterocycles. The minimum absolute atomic E-state index is 0.0303. The number of nitrogens with one attached hydrogen (secondary N) is 2. The molecule has 0 bridgehead atoms. The van der Waals surface area contributed by atoms with Gasteiger partial charge in [0.05, 0.1) is 37.8 Å². The highest BCUT2D eigenvalue weighted by Gasteiger charge is 2.36. The van der Waals surface area contributed by atoms with E-state index in [2.05, 4.69) is 10.6 Å². The Balaban J connectivity index is 2.51. The van der Waals surface area contributed by atoms with Crippen molar-refractivity contribution in [2.24, 2.45) is 5.41 Å². The molecular weight excluding hydrogens is 331 g/mol. The normalized spacial score (nSPS) is 21.1. The van der Waals surface area contributed by atoms with Crippen molar-refractivity contribution in [2.75, 3.05) is 32.8 Å². The van der Waals surface area contributed by atoms with Crippen LogP contribution in [0.5, 0.6) is 0 Å². The number of nitriles is 1. The molecule has 1 heterocycles. The molecule has 1 aliphatic rings. The van der Waals surface area contributed by atoms with E-state index >= 15 is 0 Å². The Morgan fingerprint density at radius 3 is 2.44 bits per heavy atom. The van der Waals surface area contributed by atoms with Crippen molar-refractivity contribution in [3.63, 3.8) is 0 Å². The van der Waals surface area contributed by atoms with E-state index in [1.165, 1.54) is 11.8 Å². The third-order valence-corrected chi connectivity index (χ3v) is 4.37. The SMILES string of the molecule is CC(C)(CNC(=O)C(C)(CO)CO)NCC(=O)N1C[C@@H](F)C[C@H]1C#N. The van der Waals surface area contributed by atoms with Crippen molar-refractivity contribution >= 4 is 11.8 Å². The Morgan fingerprint density at radius 2 is 1.92 bits per heavy atom. The molecule has 9 heteroatoms. The highest BCUT2D eigenvalue weighted by Crippen LogP contribution is 2.20. The quantitative estimate of drug-likeness (QED) is 0.438. The van der Waals surface area contributed by atoms with Gasteiger partial charge in [-0.05, 0) is 20.8 Å². The number of carbonyl (C=O) groups is 2. The third-order valence-electron chi connectivity index (χ3n) is 4.37. The summed E-state index contributed by atoms with van der Waals surface area (Å²) in [7, 11) is 0. The van der Waals surface area contributed by atoms with Crippen LogP contribution in [0, 0.1) is 16.7 Å². The van der Waals surface area contributed by atoms with Crippen molar-refractivity contribution in [3.05, 3.63) is 0 Å². The maximum Gasteiger partial charge on any atom is 0.237 e. The molecule has 0 radical (unpaired) electrons. The van der Waals surface area contributed by atoms with Gasteiger partial charge in [-0.2, -0.15) is 5.26 Å². The van der Waals surface area contributed by atoms with Crippen molar-refractivity contribution in [2.45, 2.75) is 44.9 Å². The van der Waals surface area contributed by atoms with Crippen LogP contribution < -0.4 is 10.6 Å². The van der Waals surface area contributed by atoms with Crippen LogP contribution in [0.25, 0.3) is 0 Å². The lowest BCUT2D eigenvalue weighted by Gasteiger charge is -2.30. The lowest BCUT2D eigenvalue weighted by Crippen LogP contribution is -2.55. The number of amides is 2. The average Bonchev–Trinajstić information content (AvgIpc) is 2.97. The van der Waals surface area contributed by atoms with Gasteiger partial charge >= 0.3 is 0 Å². The van der Waals surface area contributed by atoms with E-state index in [1.807, 2.05) is 6.07 Å². The first kappa shape index (κ1) is 21.3. The van der Waals surface area contributed by atoms with Crippen molar-refractivity contribution < 1.29 is 24.2 Å². The summed E-state index contributed by atoms with van der Waals surface area (Å²) in [5.41, 5.74) is -1.94. The van der Waals surface area contributed by atoms with Gasteiger partial charge < -0.3 is 25.7 Å². The van der Waals surface area contributed by atoms with Crippen LogP contribution in [0.4, 0.5) is 4.39 Å². The number of carbonyl (C=O) groups excluding carboxylic acids is 2. The Morgan fingerprint density at radius 1 is 1.32 bits per heavy atom. The number of nitrogens with zero attached hydrogens (tertiary/aromatic N) is 2. The minimum Gasteiger partial charge on any atom is -0.395 e. The Hall–Kier alpha value is -1.76. The minimum atomic E-state index is -1.28. The molecule has 0 unspecified atom stereocenters. The first-order chi connectivity index (χ1) is 11.6.